The normalized spacial score (nSPS) is 22.8. The molecule has 0 bridgehead atoms. The summed E-state index contributed by atoms with van der Waals surface area (Å²) in [5, 5.41) is 3.55. The molecular weight excluding hydrogens is 262 g/mol. The molecule has 1 amide bonds. The summed E-state index contributed by atoms with van der Waals surface area (Å²) in [5.41, 5.74) is 0. The van der Waals surface area contributed by atoms with E-state index in [-0.39, 0.29) is 12.2 Å². The fourth-order valence-electron chi connectivity index (χ4n) is 3.14. The minimum Gasteiger partial charge on any atom is -0.325 e. The maximum Gasteiger partial charge on any atom is 0.241 e. The van der Waals surface area contributed by atoms with Gasteiger partial charge in [0.2, 0.25) is 5.91 Å². The van der Waals surface area contributed by atoms with Crippen LogP contribution in [0.5, 0.6) is 0 Å². The molecule has 2 atom stereocenters. The zero-order chi connectivity index (χ0) is 15.8. The molecule has 1 heterocycles. The van der Waals surface area contributed by atoms with Crippen molar-refractivity contribution in [1.29, 1.82) is 0 Å². The van der Waals surface area contributed by atoms with Gasteiger partial charge in [0.15, 0.2) is 0 Å². The van der Waals surface area contributed by atoms with E-state index in [1.165, 1.54) is 6.42 Å². The van der Waals surface area contributed by atoms with Gasteiger partial charge in [-0.3, -0.25) is 10.1 Å². The number of carbonyl (C=O) groups is 1. The van der Waals surface area contributed by atoms with E-state index in [0.29, 0.717) is 11.8 Å². The van der Waals surface area contributed by atoms with Gasteiger partial charge in [0.05, 0.1) is 12.2 Å². The van der Waals surface area contributed by atoms with Gasteiger partial charge in [-0.2, -0.15) is 0 Å². The molecule has 0 aliphatic carbocycles. The first-order valence-electron chi connectivity index (χ1n) is 8.82. The van der Waals surface area contributed by atoms with Crippen molar-refractivity contribution in [3.63, 3.8) is 0 Å². The van der Waals surface area contributed by atoms with Gasteiger partial charge in [-0.05, 0) is 38.3 Å². The minimum atomic E-state index is 0.0417. The Morgan fingerprint density at radius 2 is 1.90 bits per heavy atom. The van der Waals surface area contributed by atoms with Crippen molar-refractivity contribution in [1.82, 2.24) is 15.1 Å². The molecule has 0 saturated carbocycles. The molecule has 1 aliphatic heterocycles. The highest BCUT2D eigenvalue weighted by molar-refractivity contribution is 5.84. The fraction of sp³-hybridized carbons (Fsp3) is 0.941. The van der Waals surface area contributed by atoms with E-state index in [1.54, 1.807) is 0 Å². The Morgan fingerprint density at radius 3 is 2.43 bits per heavy atom. The highest BCUT2D eigenvalue weighted by Gasteiger charge is 2.37. The van der Waals surface area contributed by atoms with Crippen molar-refractivity contribution in [2.75, 3.05) is 26.2 Å². The van der Waals surface area contributed by atoms with Gasteiger partial charge < -0.3 is 9.80 Å². The van der Waals surface area contributed by atoms with E-state index in [9.17, 15) is 4.79 Å². The van der Waals surface area contributed by atoms with Crippen LogP contribution in [0.25, 0.3) is 0 Å². The van der Waals surface area contributed by atoms with Crippen LogP contribution in [0.1, 0.15) is 60.3 Å². The van der Waals surface area contributed by atoms with E-state index in [2.05, 4.69) is 49.7 Å². The number of amides is 1. The fourth-order valence-corrected chi connectivity index (χ4v) is 3.14. The second kappa shape index (κ2) is 9.42. The molecule has 0 aromatic rings. The van der Waals surface area contributed by atoms with Gasteiger partial charge in [-0.15, -0.1) is 0 Å². The summed E-state index contributed by atoms with van der Waals surface area (Å²) < 4.78 is 0. The number of likely N-dealkylation sites (N-methyl/N-ethyl adjacent to an activating group) is 1. The highest BCUT2D eigenvalue weighted by atomic mass is 16.2. The lowest BCUT2D eigenvalue weighted by atomic mass is 10.1. The summed E-state index contributed by atoms with van der Waals surface area (Å²) in [6.45, 7) is 15.1. The molecule has 4 nitrogen and oxygen atoms in total. The van der Waals surface area contributed by atoms with E-state index in [0.717, 1.165) is 45.4 Å². The molecule has 0 aromatic heterocycles. The van der Waals surface area contributed by atoms with Gasteiger partial charge in [-0.25, -0.2) is 0 Å². The van der Waals surface area contributed by atoms with Gasteiger partial charge in [0.25, 0.3) is 0 Å². The van der Waals surface area contributed by atoms with Crippen LogP contribution >= 0.6 is 0 Å². The van der Waals surface area contributed by atoms with Gasteiger partial charge in [0.1, 0.15) is 0 Å². The average molecular weight is 297 g/mol. The van der Waals surface area contributed by atoms with Crippen LogP contribution < -0.4 is 5.32 Å². The first kappa shape index (κ1) is 18.4. The van der Waals surface area contributed by atoms with Gasteiger partial charge >= 0.3 is 0 Å². The first-order chi connectivity index (χ1) is 10.0. The second-order valence-electron chi connectivity index (χ2n) is 6.62. The van der Waals surface area contributed by atoms with Crippen molar-refractivity contribution in [3.8, 4) is 0 Å². The third kappa shape index (κ3) is 5.59. The Hall–Kier alpha value is -0.610. The Kier molecular flexibility index (Phi) is 8.27. The summed E-state index contributed by atoms with van der Waals surface area (Å²) in [5.74, 6) is 0.922. The molecule has 1 rings (SSSR count). The first-order valence-corrected chi connectivity index (χ1v) is 8.82. The molecule has 21 heavy (non-hydrogen) atoms. The van der Waals surface area contributed by atoms with Crippen LogP contribution in [-0.2, 0) is 4.79 Å². The highest BCUT2D eigenvalue weighted by Crippen LogP contribution is 2.20. The van der Waals surface area contributed by atoms with Crippen molar-refractivity contribution in [2.45, 2.75) is 72.5 Å². The van der Waals surface area contributed by atoms with E-state index in [1.807, 2.05) is 0 Å². The molecule has 1 N–H and O–H groups in total. The lowest BCUT2D eigenvalue weighted by Gasteiger charge is -2.28. The molecule has 0 aromatic carbocycles. The van der Waals surface area contributed by atoms with Gasteiger partial charge in [0, 0.05) is 13.1 Å². The molecule has 4 heteroatoms. The van der Waals surface area contributed by atoms with Crippen LogP contribution in [0.3, 0.4) is 0 Å². The van der Waals surface area contributed by atoms with Crippen LogP contribution in [-0.4, -0.2) is 54.1 Å². The second-order valence-corrected chi connectivity index (χ2v) is 6.62. The predicted octanol–water partition coefficient (Wildman–Crippen LogP) is 2.69. The van der Waals surface area contributed by atoms with E-state index < -0.39 is 0 Å². The molecule has 2 unspecified atom stereocenters. The minimum absolute atomic E-state index is 0.0417. The lowest BCUT2D eigenvalue weighted by molar-refractivity contribution is -0.130. The SMILES string of the molecule is CCCC1NC(CC(C)C)N(CCN(CC)CCC)C1=O. The topological polar surface area (TPSA) is 35.6 Å². The largest absolute Gasteiger partial charge is 0.325 e. The number of hydrogen-bond acceptors (Lipinski definition) is 3. The third-order valence-corrected chi connectivity index (χ3v) is 4.27. The van der Waals surface area contributed by atoms with Crippen molar-refractivity contribution in [3.05, 3.63) is 0 Å². The summed E-state index contributed by atoms with van der Waals surface area (Å²) >= 11 is 0. The summed E-state index contributed by atoms with van der Waals surface area (Å²) in [6, 6.07) is 0.0417. The standard InChI is InChI=1S/C17H35N3O/c1-6-9-15-17(21)20(16(18-15)13-14(4)5)12-11-19(8-3)10-7-2/h14-16,18H,6-13H2,1-5H3. The maximum atomic E-state index is 12.6. The number of hydrogen-bond donors (Lipinski definition) is 1. The number of nitrogens with zero attached hydrogens (tertiary/aromatic N) is 2. The van der Waals surface area contributed by atoms with Crippen LogP contribution in [0.15, 0.2) is 0 Å². The molecule has 1 aliphatic rings. The third-order valence-electron chi connectivity index (χ3n) is 4.27. The summed E-state index contributed by atoms with van der Waals surface area (Å²) in [7, 11) is 0. The Balaban J connectivity index is 2.62. The Bertz CT molecular complexity index is 306. The smallest absolute Gasteiger partial charge is 0.241 e. The number of rotatable bonds is 10. The Morgan fingerprint density at radius 1 is 1.19 bits per heavy atom. The van der Waals surface area contributed by atoms with Gasteiger partial charge in [-0.1, -0.05) is 41.0 Å². The van der Waals surface area contributed by atoms with Crippen molar-refractivity contribution < 1.29 is 4.79 Å². The molecule has 124 valence electrons. The Labute approximate surface area is 131 Å². The molecule has 0 radical (unpaired) electrons. The lowest BCUT2D eigenvalue weighted by Crippen LogP contribution is -2.43. The number of nitrogens with one attached hydrogen (secondary N) is 1. The van der Waals surface area contributed by atoms with Crippen LogP contribution in [0, 0.1) is 5.92 Å². The molecular formula is C17H35N3O. The zero-order valence-corrected chi connectivity index (χ0v) is 14.7. The van der Waals surface area contributed by atoms with Crippen LogP contribution in [0.2, 0.25) is 0 Å². The molecule has 0 spiro atoms. The quantitative estimate of drug-likeness (QED) is 0.673. The summed E-state index contributed by atoms with van der Waals surface area (Å²) in [6.07, 6.45) is 4.47. The maximum absolute atomic E-state index is 12.6. The van der Waals surface area contributed by atoms with E-state index >= 15 is 0 Å². The van der Waals surface area contributed by atoms with Crippen molar-refractivity contribution >= 4 is 5.91 Å². The average Bonchev–Trinajstić information content (AvgIpc) is 2.71. The molecule has 1 fully saturated rings. The van der Waals surface area contributed by atoms with E-state index in [4.69, 9.17) is 0 Å². The predicted molar refractivity (Wildman–Crippen MR) is 89.2 cm³/mol. The zero-order valence-electron chi connectivity index (χ0n) is 14.7. The van der Waals surface area contributed by atoms with Crippen LogP contribution in [0.4, 0.5) is 0 Å². The molecule has 1 saturated heterocycles. The number of carbonyl (C=O) groups excluding carboxylic acids is 1. The summed E-state index contributed by atoms with van der Waals surface area (Å²) in [4.78, 5) is 17.1. The van der Waals surface area contributed by atoms with Crippen molar-refractivity contribution in [2.24, 2.45) is 5.92 Å². The monoisotopic (exact) mass is 297 g/mol.